The van der Waals surface area contributed by atoms with Crippen molar-refractivity contribution in [3.63, 3.8) is 0 Å². The molecule has 1 aromatic rings. The van der Waals surface area contributed by atoms with Crippen LogP contribution in [0.2, 0.25) is 0 Å². The van der Waals surface area contributed by atoms with E-state index in [2.05, 4.69) is 44.0 Å². The lowest BCUT2D eigenvalue weighted by Gasteiger charge is -2.36. The van der Waals surface area contributed by atoms with Crippen LogP contribution in [0.3, 0.4) is 0 Å². The Bertz CT molecular complexity index is 761. The maximum atomic E-state index is 13.6. The van der Waals surface area contributed by atoms with Crippen LogP contribution in [-0.2, 0) is 0 Å². The van der Waals surface area contributed by atoms with Gasteiger partial charge in [-0.1, -0.05) is 12.1 Å². The Labute approximate surface area is 136 Å². The van der Waals surface area contributed by atoms with Crippen LogP contribution in [0.15, 0.2) is 69.8 Å². The summed E-state index contributed by atoms with van der Waals surface area (Å²) in [5.41, 5.74) is 5.82. The van der Waals surface area contributed by atoms with E-state index in [1.165, 1.54) is 22.9 Å². The molecule has 0 aromatic heterocycles. The number of nitrogens with one attached hydrogen (secondary N) is 3. The highest BCUT2D eigenvalue weighted by Crippen LogP contribution is 2.42. The summed E-state index contributed by atoms with van der Waals surface area (Å²) in [6, 6.07) is 5.28. The van der Waals surface area contributed by atoms with Crippen LogP contribution in [0, 0.1) is 5.82 Å². The third-order valence-corrected chi connectivity index (χ3v) is 4.80. The fourth-order valence-electron chi connectivity index (χ4n) is 3.19. The summed E-state index contributed by atoms with van der Waals surface area (Å²) < 4.78 is 14.1. The Hall–Kier alpha value is -2.01. The zero-order chi connectivity index (χ0) is 15.1. The third-order valence-electron chi connectivity index (χ3n) is 4.19. The summed E-state index contributed by atoms with van der Waals surface area (Å²) in [5, 5.41) is 9.97. The molecule has 0 bridgehead atoms. The number of fused-ring (bicyclic) bond motifs is 1. The Morgan fingerprint density at radius 3 is 3.00 bits per heavy atom. The van der Waals surface area contributed by atoms with Crippen molar-refractivity contribution < 1.29 is 4.39 Å². The number of allylic oxidation sites excluding steroid dienone is 3. The smallest absolute Gasteiger partial charge is 0.137 e. The number of hydrogen-bond donors (Lipinski definition) is 3. The number of halogens is 2. The van der Waals surface area contributed by atoms with Crippen LogP contribution >= 0.6 is 15.9 Å². The van der Waals surface area contributed by atoms with Crippen molar-refractivity contribution in [2.75, 3.05) is 13.1 Å². The summed E-state index contributed by atoms with van der Waals surface area (Å²) in [4.78, 5) is 0. The van der Waals surface area contributed by atoms with Gasteiger partial charge in [-0.15, -0.1) is 0 Å². The van der Waals surface area contributed by atoms with Crippen LogP contribution in [0.1, 0.15) is 11.5 Å². The largest absolute Gasteiger partial charge is 0.386 e. The topological polar surface area (TPSA) is 36.1 Å². The zero-order valence-corrected chi connectivity index (χ0v) is 13.4. The fraction of sp³-hybridized carbons (Fsp3) is 0.176. The average molecular weight is 360 g/mol. The van der Waals surface area contributed by atoms with Crippen LogP contribution < -0.4 is 16.0 Å². The molecule has 0 spiro atoms. The van der Waals surface area contributed by atoms with Gasteiger partial charge in [-0.3, -0.25) is 0 Å². The van der Waals surface area contributed by atoms with Crippen molar-refractivity contribution in [1.82, 2.24) is 16.0 Å². The molecule has 3 aliphatic rings. The van der Waals surface area contributed by atoms with E-state index < -0.39 is 0 Å². The van der Waals surface area contributed by atoms with E-state index in [0.29, 0.717) is 4.47 Å². The molecule has 0 aliphatic carbocycles. The Kier molecular flexibility index (Phi) is 3.30. The summed E-state index contributed by atoms with van der Waals surface area (Å²) >= 11 is 3.31. The highest BCUT2D eigenvalue weighted by molar-refractivity contribution is 9.10. The molecule has 3 nitrogen and oxygen atoms in total. The molecule has 4 rings (SSSR count). The van der Waals surface area contributed by atoms with Gasteiger partial charge < -0.3 is 16.0 Å². The van der Waals surface area contributed by atoms with Gasteiger partial charge in [-0.2, -0.15) is 0 Å². The molecule has 1 unspecified atom stereocenters. The Balaban J connectivity index is 1.89. The number of benzene rings is 1. The average Bonchev–Trinajstić information content (AvgIpc) is 2.55. The van der Waals surface area contributed by atoms with Gasteiger partial charge in [0.1, 0.15) is 5.82 Å². The van der Waals surface area contributed by atoms with Crippen LogP contribution in [-0.4, -0.2) is 13.1 Å². The van der Waals surface area contributed by atoms with E-state index in [0.717, 1.165) is 24.4 Å². The van der Waals surface area contributed by atoms with Crippen LogP contribution in [0.25, 0.3) is 0 Å². The van der Waals surface area contributed by atoms with Crippen molar-refractivity contribution in [3.8, 4) is 0 Å². The number of rotatable bonds is 1. The van der Waals surface area contributed by atoms with Crippen molar-refractivity contribution >= 4 is 15.9 Å². The van der Waals surface area contributed by atoms with Gasteiger partial charge in [-0.25, -0.2) is 4.39 Å². The lowest BCUT2D eigenvalue weighted by Crippen LogP contribution is -2.36. The van der Waals surface area contributed by atoms with Gasteiger partial charge in [0.2, 0.25) is 0 Å². The molecule has 22 heavy (non-hydrogen) atoms. The predicted octanol–water partition coefficient (Wildman–Crippen LogP) is 3.02. The quantitative estimate of drug-likeness (QED) is 0.721. The molecular formula is C17H15BrFN3. The molecule has 0 saturated carbocycles. The van der Waals surface area contributed by atoms with E-state index in [9.17, 15) is 4.39 Å². The van der Waals surface area contributed by atoms with Gasteiger partial charge in [0.05, 0.1) is 16.7 Å². The van der Waals surface area contributed by atoms with E-state index >= 15 is 0 Å². The molecule has 1 atom stereocenters. The van der Waals surface area contributed by atoms with Gasteiger partial charge in [0.25, 0.3) is 0 Å². The molecule has 3 aliphatic heterocycles. The zero-order valence-electron chi connectivity index (χ0n) is 11.8. The second kappa shape index (κ2) is 5.32. The molecule has 0 amide bonds. The molecule has 0 radical (unpaired) electrons. The molecular weight excluding hydrogens is 345 g/mol. The van der Waals surface area contributed by atoms with Crippen LogP contribution in [0.4, 0.5) is 4.39 Å². The number of dihydropyridines is 2. The Morgan fingerprint density at radius 1 is 1.23 bits per heavy atom. The molecule has 0 saturated heterocycles. The van der Waals surface area contributed by atoms with Crippen molar-refractivity contribution in [2.45, 2.75) is 5.92 Å². The first-order chi connectivity index (χ1) is 10.7. The number of hydrogen-bond acceptors (Lipinski definition) is 3. The van der Waals surface area contributed by atoms with E-state index in [4.69, 9.17) is 0 Å². The highest BCUT2D eigenvalue weighted by Gasteiger charge is 2.32. The van der Waals surface area contributed by atoms with E-state index in [1.54, 1.807) is 0 Å². The summed E-state index contributed by atoms with van der Waals surface area (Å²) in [6.45, 7) is 1.58. The van der Waals surface area contributed by atoms with Crippen molar-refractivity contribution in [2.24, 2.45) is 0 Å². The first-order valence-corrected chi connectivity index (χ1v) is 8.02. The molecule has 3 N–H and O–H groups in total. The predicted molar refractivity (Wildman–Crippen MR) is 88.3 cm³/mol. The van der Waals surface area contributed by atoms with Gasteiger partial charge in [0, 0.05) is 24.4 Å². The molecule has 0 fully saturated rings. The second-order valence-electron chi connectivity index (χ2n) is 5.51. The third kappa shape index (κ3) is 2.16. The molecule has 3 heterocycles. The molecule has 1 aromatic carbocycles. The summed E-state index contributed by atoms with van der Waals surface area (Å²) in [6.07, 6.45) is 8.29. The minimum Gasteiger partial charge on any atom is -0.386 e. The minimum atomic E-state index is -0.234. The van der Waals surface area contributed by atoms with E-state index in [1.807, 2.05) is 24.5 Å². The SMILES string of the molecule is Fc1ccc(C2C3=CCNC=C3NC3=C2C=CNC3)cc1Br. The van der Waals surface area contributed by atoms with Crippen molar-refractivity contribution in [3.05, 3.63) is 81.1 Å². The maximum absolute atomic E-state index is 13.6. The van der Waals surface area contributed by atoms with Gasteiger partial charge in [-0.05, 0) is 57.0 Å². The van der Waals surface area contributed by atoms with Gasteiger partial charge >= 0.3 is 0 Å². The van der Waals surface area contributed by atoms with Crippen molar-refractivity contribution in [1.29, 1.82) is 0 Å². The molecule has 5 heteroatoms. The molecule has 112 valence electrons. The standard InChI is InChI=1S/C17H15BrFN3/c18-13-7-10(1-2-14(13)19)17-11-3-5-20-8-15(11)22-16-9-21-6-4-12(16)17/h1-5,7,9,17,20-22H,6,8H2. The van der Waals surface area contributed by atoms with Crippen LogP contribution in [0.5, 0.6) is 0 Å². The second-order valence-corrected chi connectivity index (χ2v) is 6.36. The maximum Gasteiger partial charge on any atom is 0.137 e. The fourth-order valence-corrected chi connectivity index (χ4v) is 3.58. The Morgan fingerprint density at radius 2 is 2.14 bits per heavy atom. The lowest BCUT2D eigenvalue weighted by atomic mass is 9.78. The van der Waals surface area contributed by atoms with E-state index in [-0.39, 0.29) is 11.7 Å². The normalized spacial score (nSPS) is 22.5. The van der Waals surface area contributed by atoms with Gasteiger partial charge in [0.15, 0.2) is 0 Å². The monoisotopic (exact) mass is 359 g/mol. The summed E-state index contributed by atoms with van der Waals surface area (Å²) in [5.74, 6) is -0.109. The summed E-state index contributed by atoms with van der Waals surface area (Å²) in [7, 11) is 0. The highest BCUT2D eigenvalue weighted by atomic mass is 79.9. The first-order valence-electron chi connectivity index (χ1n) is 7.23. The lowest BCUT2D eigenvalue weighted by molar-refractivity contribution is 0.619. The first kappa shape index (κ1) is 13.6. The minimum absolute atomic E-state index is 0.125.